The molecule has 0 unspecified atom stereocenters. The number of alkyl halides is 2. The second kappa shape index (κ2) is 8.21. The summed E-state index contributed by atoms with van der Waals surface area (Å²) >= 11 is 0. The quantitative estimate of drug-likeness (QED) is 0.832. The first-order valence-corrected chi connectivity index (χ1v) is 7.27. The van der Waals surface area contributed by atoms with Crippen LogP contribution in [-0.2, 0) is 6.54 Å². The Morgan fingerprint density at radius 1 is 1.29 bits per heavy atom. The molecule has 0 fully saturated rings. The predicted molar refractivity (Wildman–Crippen MR) is 90.8 cm³/mol. The van der Waals surface area contributed by atoms with Crippen LogP contribution in [0.15, 0.2) is 30.3 Å². The number of nitrogens with two attached hydrogens (primary N) is 1. The molecule has 0 aliphatic rings. The third-order valence-corrected chi connectivity index (χ3v) is 3.46. The predicted octanol–water partition coefficient (Wildman–Crippen LogP) is 2.29. The Kier molecular flexibility index (Phi) is 6.86. The standard InChI is InChI=1S/C16H20F2N4O.ClH/c1-11-7-12(2)22(21-11)8-13-3-5-14(6-4-13)15(23)20-10-16(17,18)9-19;/h3-7H,8-10,19H2,1-2H3,(H,20,23);1H. The number of nitrogens with one attached hydrogen (secondary N) is 1. The highest BCUT2D eigenvalue weighted by atomic mass is 35.5. The molecule has 2 aromatic rings. The molecule has 0 spiro atoms. The summed E-state index contributed by atoms with van der Waals surface area (Å²) in [6.45, 7) is 2.92. The van der Waals surface area contributed by atoms with Gasteiger partial charge in [-0.05, 0) is 37.6 Å². The van der Waals surface area contributed by atoms with Crippen molar-refractivity contribution in [2.24, 2.45) is 5.73 Å². The Morgan fingerprint density at radius 3 is 2.42 bits per heavy atom. The second-order valence-electron chi connectivity index (χ2n) is 5.52. The summed E-state index contributed by atoms with van der Waals surface area (Å²) in [7, 11) is 0. The molecule has 0 radical (unpaired) electrons. The van der Waals surface area contributed by atoms with Gasteiger partial charge in [0.15, 0.2) is 0 Å². The van der Waals surface area contributed by atoms with Gasteiger partial charge in [0.1, 0.15) is 0 Å². The lowest BCUT2D eigenvalue weighted by Gasteiger charge is -2.14. The zero-order chi connectivity index (χ0) is 17.0. The molecule has 2 rings (SSSR count). The van der Waals surface area contributed by atoms with E-state index in [4.69, 9.17) is 5.73 Å². The molecule has 24 heavy (non-hydrogen) atoms. The van der Waals surface area contributed by atoms with Crippen molar-refractivity contribution in [1.29, 1.82) is 0 Å². The summed E-state index contributed by atoms with van der Waals surface area (Å²) in [5.41, 5.74) is 8.22. The molecule has 0 saturated heterocycles. The van der Waals surface area contributed by atoms with Crippen LogP contribution in [0.5, 0.6) is 0 Å². The van der Waals surface area contributed by atoms with Crippen LogP contribution in [0, 0.1) is 13.8 Å². The fourth-order valence-electron chi connectivity index (χ4n) is 2.15. The molecule has 1 aromatic carbocycles. The number of rotatable bonds is 6. The Bertz CT molecular complexity index is 686. The van der Waals surface area contributed by atoms with Crippen LogP contribution in [0.25, 0.3) is 0 Å². The average Bonchev–Trinajstić information content (AvgIpc) is 2.83. The van der Waals surface area contributed by atoms with E-state index in [1.807, 2.05) is 24.6 Å². The largest absolute Gasteiger partial charge is 0.346 e. The summed E-state index contributed by atoms with van der Waals surface area (Å²) in [6, 6.07) is 8.77. The van der Waals surface area contributed by atoms with Crippen molar-refractivity contribution in [3.63, 3.8) is 0 Å². The molecule has 0 bridgehead atoms. The normalized spacial score (nSPS) is 11.0. The average molecular weight is 359 g/mol. The minimum atomic E-state index is -3.09. The van der Waals surface area contributed by atoms with Crippen LogP contribution in [0.1, 0.15) is 27.3 Å². The number of nitrogens with zero attached hydrogens (tertiary/aromatic N) is 2. The first kappa shape index (κ1) is 20.1. The van der Waals surface area contributed by atoms with Gasteiger partial charge in [-0.2, -0.15) is 5.10 Å². The lowest BCUT2D eigenvalue weighted by atomic mass is 10.1. The minimum Gasteiger partial charge on any atom is -0.346 e. The second-order valence-corrected chi connectivity index (χ2v) is 5.52. The zero-order valence-corrected chi connectivity index (χ0v) is 14.4. The summed E-state index contributed by atoms with van der Waals surface area (Å²) in [5.74, 6) is -3.64. The van der Waals surface area contributed by atoms with Crippen molar-refractivity contribution in [3.8, 4) is 0 Å². The molecule has 0 aliphatic carbocycles. The van der Waals surface area contributed by atoms with E-state index in [0.717, 1.165) is 17.0 Å². The van der Waals surface area contributed by atoms with E-state index in [9.17, 15) is 13.6 Å². The third-order valence-electron chi connectivity index (χ3n) is 3.46. The zero-order valence-electron chi connectivity index (χ0n) is 13.6. The van der Waals surface area contributed by atoms with E-state index >= 15 is 0 Å². The van der Waals surface area contributed by atoms with Gasteiger partial charge in [0.05, 0.1) is 25.3 Å². The van der Waals surface area contributed by atoms with Crippen LogP contribution in [-0.4, -0.2) is 34.7 Å². The molecule has 1 heterocycles. The van der Waals surface area contributed by atoms with E-state index < -0.39 is 24.9 Å². The van der Waals surface area contributed by atoms with Gasteiger partial charge in [0.25, 0.3) is 11.8 Å². The van der Waals surface area contributed by atoms with Gasteiger partial charge in [-0.1, -0.05) is 12.1 Å². The number of halogens is 3. The number of hydrogen-bond acceptors (Lipinski definition) is 3. The van der Waals surface area contributed by atoms with E-state index in [-0.39, 0.29) is 12.4 Å². The third kappa shape index (κ3) is 5.28. The molecular weight excluding hydrogens is 338 g/mol. The van der Waals surface area contributed by atoms with E-state index in [0.29, 0.717) is 12.1 Å². The molecule has 0 aliphatic heterocycles. The van der Waals surface area contributed by atoms with Crippen molar-refractivity contribution >= 4 is 18.3 Å². The first-order valence-electron chi connectivity index (χ1n) is 7.27. The summed E-state index contributed by atoms with van der Waals surface area (Å²) in [6.07, 6.45) is 0. The number of aromatic nitrogens is 2. The van der Waals surface area contributed by atoms with Crippen LogP contribution in [0.4, 0.5) is 8.78 Å². The monoisotopic (exact) mass is 358 g/mol. The molecular formula is C16H21ClF2N4O. The van der Waals surface area contributed by atoms with Gasteiger partial charge in [0, 0.05) is 11.3 Å². The van der Waals surface area contributed by atoms with Crippen LogP contribution in [0.3, 0.4) is 0 Å². The molecule has 8 heteroatoms. The summed E-state index contributed by atoms with van der Waals surface area (Å²) in [5, 5.41) is 6.56. The highest BCUT2D eigenvalue weighted by Gasteiger charge is 2.27. The van der Waals surface area contributed by atoms with Crippen molar-refractivity contribution in [2.75, 3.05) is 13.1 Å². The maximum atomic E-state index is 13.0. The van der Waals surface area contributed by atoms with E-state index in [1.54, 1.807) is 24.3 Å². The maximum Gasteiger partial charge on any atom is 0.277 e. The minimum absolute atomic E-state index is 0. The SMILES string of the molecule is Cc1cc(C)n(Cc2ccc(C(=O)NCC(F)(F)CN)cc2)n1.Cl. The van der Waals surface area contributed by atoms with Crippen molar-refractivity contribution in [2.45, 2.75) is 26.3 Å². The molecule has 1 amide bonds. The number of carbonyl (C=O) groups excluding carboxylic acids is 1. The van der Waals surface area contributed by atoms with E-state index in [2.05, 4.69) is 10.4 Å². The summed E-state index contributed by atoms with van der Waals surface area (Å²) in [4.78, 5) is 11.8. The number of amides is 1. The number of carbonyl (C=O) groups is 1. The molecule has 3 N–H and O–H groups in total. The van der Waals surface area contributed by atoms with Gasteiger partial charge in [0.2, 0.25) is 0 Å². The van der Waals surface area contributed by atoms with Crippen molar-refractivity contribution in [3.05, 3.63) is 52.8 Å². The van der Waals surface area contributed by atoms with Gasteiger partial charge in [-0.15, -0.1) is 12.4 Å². The molecule has 5 nitrogen and oxygen atoms in total. The lowest BCUT2D eigenvalue weighted by molar-refractivity contribution is 0.0118. The molecule has 0 atom stereocenters. The molecule has 0 saturated carbocycles. The van der Waals surface area contributed by atoms with Gasteiger partial charge in [-0.25, -0.2) is 8.78 Å². The van der Waals surface area contributed by atoms with Crippen LogP contribution >= 0.6 is 12.4 Å². The Labute approximate surface area is 145 Å². The number of aryl methyl sites for hydroxylation is 2. The number of hydrogen-bond donors (Lipinski definition) is 2. The Morgan fingerprint density at radius 2 is 1.92 bits per heavy atom. The topological polar surface area (TPSA) is 72.9 Å². The van der Waals surface area contributed by atoms with E-state index in [1.165, 1.54) is 0 Å². The van der Waals surface area contributed by atoms with Crippen molar-refractivity contribution < 1.29 is 13.6 Å². The van der Waals surface area contributed by atoms with Crippen molar-refractivity contribution in [1.82, 2.24) is 15.1 Å². The molecule has 132 valence electrons. The number of benzene rings is 1. The summed E-state index contributed by atoms with van der Waals surface area (Å²) < 4.78 is 27.9. The Balaban J connectivity index is 0.00000288. The molecule has 1 aromatic heterocycles. The Hall–Kier alpha value is -1.99. The van der Waals surface area contributed by atoms with Gasteiger partial charge >= 0.3 is 0 Å². The highest BCUT2D eigenvalue weighted by molar-refractivity contribution is 5.94. The maximum absolute atomic E-state index is 13.0. The first-order chi connectivity index (χ1) is 10.8. The lowest BCUT2D eigenvalue weighted by Crippen LogP contribution is -2.41. The van der Waals surface area contributed by atoms with Crippen LogP contribution < -0.4 is 11.1 Å². The highest BCUT2D eigenvalue weighted by Crippen LogP contribution is 2.11. The van der Waals surface area contributed by atoms with Crippen LogP contribution in [0.2, 0.25) is 0 Å². The fourth-order valence-corrected chi connectivity index (χ4v) is 2.15. The van der Waals surface area contributed by atoms with Gasteiger partial charge in [-0.3, -0.25) is 9.48 Å². The fraction of sp³-hybridized carbons (Fsp3) is 0.375. The van der Waals surface area contributed by atoms with Gasteiger partial charge < -0.3 is 11.1 Å². The smallest absolute Gasteiger partial charge is 0.277 e.